The number of nitrogens with zero attached hydrogens (tertiary/aromatic N) is 2. The fraction of sp³-hybridized carbons (Fsp3) is 0.122. The molecule has 0 radical (unpaired) electrons. The van der Waals surface area contributed by atoms with Crippen LogP contribution in [0.2, 0.25) is 0 Å². The quantitative estimate of drug-likeness (QED) is 0.157. The second kappa shape index (κ2) is 22.2. The third kappa shape index (κ3) is 8.70. The Balaban J connectivity index is 0.000000138. The highest BCUT2D eigenvalue weighted by atomic mass is 32.1. The van der Waals surface area contributed by atoms with E-state index in [0.717, 1.165) is 5.69 Å². The lowest BCUT2D eigenvalue weighted by Gasteiger charge is -2.32. The Hall–Kier alpha value is -11.1. The molecule has 2 aromatic heterocycles. The summed E-state index contributed by atoms with van der Waals surface area (Å²) in [7, 11) is 0. The molecular weight excluding hydrogens is 1270 g/mol. The first-order chi connectivity index (χ1) is 49.6. The highest BCUT2D eigenvalue weighted by Crippen LogP contribution is 2.61. The Kier molecular flexibility index (Phi) is 13.2. The van der Waals surface area contributed by atoms with Gasteiger partial charge in [-0.25, -0.2) is 0 Å². The Bertz CT molecular complexity index is 6410. The number of hydrogen-bond donors (Lipinski definition) is 0. The van der Waals surface area contributed by atoms with Gasteiger partial charge in [-0.05, 0) is 183 Å². The molecule has 0 unspecified atom stereocenters. The molecule has 0 atom stereocenters. The molecule has 0 spiro atoms. The second-order valence-corrected chi connectivity index (χ2v) is 32.8. The van der Waals surface area contributed by atoms with Crippen molar-refractivity contribution in [3.63, 3.8) is 0 Å². The SMILES string of the molecule is CC1(C)c2ccccc2-c2ccc(N(c3cc4ccccc4c4c3-c3ccccc3C4(C)C)c3cccc4sc5ccccc5c34)cc21.CC1(C)c2ccccc2-c2ccc(N(c3ccc(-c4cccc5c4sc4ccccc45)cc3)c3cc4ccccc4c4c3-c3ccccc3C4(C)C)cc21. The van der Waals surface area contributed by atoms with E-state index >= 15 is 0 Å². The lowest BCUT2D eigenvalue weighted by atomic mass is 9.80. The van der Waals surface area contributed by atoms with E-state index in [1.54, 1.807) is 0 Å². The first kappa shape index (κ1) is 60.8. The maximum absolute atomic E-state index is 2.59. The van der Waals surface area contributed by atoms with Gasteiger partial charge in [0.05, 0.1) is 17.1 Å². The minimum absolute atomic E-state index is 0.103. The topological polar surface area (TPSA) is 6.48 Å². The van der Waals surface area contributed by atoms with Crippen LogP contribution >= 0.6 is 22.7 Å². The molecule has 488 valence electrons. The van der Waals surface area contributed by atoms with Crippen molar-refractivity contribution in [3.05, 3.63) is 348 Å². The minimum Gasteiger partial charge on any atom is -0.310 e. The monoisotopic (exact) mass is 1340 g/mol. The molecule has 4 aliphatic rings. The van der Waals surface area contributed by atoms with Gasteiger partial charge in [0.15, 0.2) is 0 Å². The van der Waals surface area contributed by atoms with Crippen LogP contribution in [0.4, 0.5) is 34.1 Å². The summed E-state index contributed by atoms with van der Waals surface area (Å²) < 4.78 is 5.30. The molecule has 102 heavy (non-hydrogen) atoms. The van der Waals surface area contributed by atoms with E-state index in [-0.39, 0.29) is 21.7 Å². The van der Waals surface area contributed by atoms with Gasteiger partial charge in [0.25, 0.3) is 0 Å². The fourth-order valence-electron chi connectivity index (χ4n) is 18.8. The van der Waals surface area contributed by atoms with Crippen molar-refractivity contribution in [1.82, 2.24) is 0 Å². The van der Waals surface area contributed by atoms with Crippen LogP contribution in [-0.4, -0.2) is 0 Å². The van der Waals surface area contributed by atoms with Crippen LogP contribution < -0.4 is 9.80 Å². The predicted molar refractivity (Wildman–Crippen MR) is 439 cm³/mol. The fourth-order valence-corrected chi connectivity index (χ4v) is 21.2. The maximum Gasteiger partial charge on any atom is 0.0555 e. The number of rotatable bonds is 7. The average molecular weight is 1340 g/mol. The average Bonchev–Trinajstić information content (AvgIpc) is 1.54. The first-order valence-electron chi connectivity index (χ1n) is 36.0. The smallest absolute Gasteiger partial charge is 0.0555 e. The van der Waals surface area contributed by atoms with E-state index < -0.39 is 0 Å². The Morgan fingerprint density at radius 1 is 0.245 bits per heavy atom. The largest absolute Gasteiger partial charge is 0.310 e. The molecule has 0 fully saturated rings. The number of benzene rings is 15. The molecule has 0 bridgehead atoms. The molecule has 0 amide bonds. The Morgan fingerprint density at radius 2 is 0.637 bits per heavy atom. The van der Waals surface area contributed by atoms with Crippen molar-refractivity contribution in [3.8, 4) is 55.6 Å². The molecule has 2 nitrogen and oxygen atoms in total. The first-order valence-corrected chi connectivity index (χ1v) is 37.6. The third-order valence-electron chi connectivity index (χ3n) is 23.6. The van der Waals surface area contributed by atoms with E-state index in [1.807, 2.05) is 22.7 Å². The number of anilines is 6. The molecule has 17 aromatic rings. The third-order valence-corrected chi connectivity index (χ3v) is 26.0. The van der Waals surface area contributed by atoms with Crippen molar-refractivity contribution in [1.29, 1.82) is 0 Å². The molecule has 0 saturated carbocycles. The summed E-state index contributed by atoms with van der Waals surface area (Å²) in [5.41, 5.74) is 31.0. The summed E-state index contributed by atoms with van der Waals surface area (Å²) in [6, 6.07) is 114. The zero-order valence-corrected chi connectivity index (χ0v) is 60.2. The van der Waals surface area contributed by atoms with Crippen LogP contribution in [0.3, 0.4) is 0 Å². The number of fused-ring (bicyclic) bond motifs is 22. The van der Waals surface area contributed by atoms with Crippen LogP contribution in [0.25, 0.3) is 118 Å². The second-order valence-electron chi connectivity index (χ2n) is 30.6. The lowest BCUT2D eigenvalue weighted by Crippen LogP contribution is -2.18. The minimum atomic E-state index is -0.151. The van der Waals surface area contributed by atoms with E-state index in [0.29, 0.717) is 0 Å². The molecule has 0 N–H and O–H groups in total. The van der Waals surface area contributed by atoms with E-state index in [2.05, 4.69) is 369 Å². The molecule has 0 aliphatic heterocycles. The molecule has 21 rings (SSSR count). The van der Waals surface area contributed by atoms with E-state index in [1.165, 1.54) is 190 Å². The summed E-state index contributed by atoms with van der Waals surface area (Å²) in [5.74, 6) is 0. The molecule has 0 saturated heterocycles. The molecule has 4 heteroatoms. The van der Waals surface area contributed by atoms with Crippen molar-refractivity contribution in [2.75, 3.05) is 9.80 Å². The van der Waals surface area contributed by atoms with Gasteiger partial charge in [0, 0.05) is 90.2 Å². The van der Waals surface area contributed by atoms with Crippen molar-refractivity contribution < 1.29 is 0 Å². The summed E-state index contributed by atoms with van der Waals surface area (Å²) in [6.07, 6.45) is 0. The van der Waals surface area contributed by atoms with Crippen molar-refractivity contribution in [2.24, 2.45) is 0 Å². The van der Waals surface area contributed by atoms with Crippen LogP contribution in [0.15, 0.2) is 303 Å². The van der Waals surface area contributed by atoms with Crippen LogP contribution in [-0.2, 0) is 21.7 Å². The maximum atomic E-state index is 2.59. The van der Waals surface area contributed by atoms with Gasteiger partial charge < -0.3 is 9.80 Å². The van der Waals surface area contributed by atoms with Gasteiger partial charge >= 0.3 is 0 Å². The van der Waals surface area contributed by atoms with E-state index in [4.69, 9.17) is 0 Å². The highest BCUT2D eigenvalue weighted by Gasteiger charge is 2.44. The van der Waals surface area contributed by atoms with Crippen LogP contribution in [0.1, 0.15) is 99.9 Å². The van der Waals surface area contributed by atoms with Gasteiger partial charge in [0.1, 0.15) is 0 Å². The normalized spacial score (nSPS) is 14.8. The van der Waals surface area contributed by atoms with Gasteiger partial charge in [-0.1, -0.05) is 286 Å². The lowest BCUT2D eigenvalue weighted by molar-refractivity contribution is 0.660. The van der Waals surface area contributed by atoms with Crippen molar-refractivity contribution >= 4 is 119 Å². The number of hydrogen-bond acceptors (Lipinski definition) is 4. The van der Waals surface area contributed by atoms with E-state index in [9.17, 15) is 0 Å². The van der Waals surface area contributed by atoms with Gasteiger partial charge in [-0.3, -0.25) is 0 Å². The predicted octanol–water partition coefficient (Wildman–Crippen LogP) is 28.2. The van der Waals surface area contributed by atoms with Gasteiger partial charge in [0.2, 0.25) is 0 Å². The number of thiophene rings is 2. The Morgan fingerprint density at radius 3 is 1.20 bits per heavy atom. The molecule has 4 aliphatic carbocycles. The summed E-state index contributed by atoms with van der Waals surface area (Å²) >= 11 is 3.78. The summed E-state index contributed by atoms with van der Waals surface area (Å²) in [5, 5.41) is 10.5. The zero-order chi connectivity index (χ0) is 68.7. The standard InChI is InChI=1S/C52H39NS.C46H35NS/c1-51(2)43-21-10-7-16-38(43)39-29-28-35(31-45(39)51)53(34-26-24-32(25-27-34)37-19-13-20-41-40-17-9-12-23-47(40)54-50(37)41)46-30-33-14-5-6-15-36(33)49-48(46)42-18-8-11-22-44(42)52(49,3)4;1-45(2)35-19-10-7-16-31(35)32-25-24-29(27-37(32)45)47(38-21-13-23-41-42(38)34-18-9-12-22-40(34)48-41)39-26-28-14-5-6-15-30(28)44-43(39)33-17-8-11-20-36(33)46(44,3)4/h5-31H,1-4H3;5-27H,1-4H3. The van der Waals surface area contributed by atoms with Crippen LogP contribution in [0, 0.1) is 0 Å². The van der Waals surface area contributed by atoms with Crippen molar-refractivity contribution in [2.45, 2.75) is 77.0 Å². The summed E-state index contributed by atoms with van der Waals surface area (Å²) in [6.45, 7) is 19.1. The van der Waals surface area contributed by atoms with Gasteiger partial charge in [-0.15, -0.1) is 22.7 Å². The molecular formula is C98H74N2S2. The molecule has 2 heterocycles. The summed E-state index contributed by atoms with van der Waals surface area (Å²) in [4.78, 5) is 5.12. The zero-order valence-electron chi connectivity index (χ0n) is 58.6. The molecule has 15 aromatic carbocycles. The van der Waals surface area contributed by atoms with Crippen LogP contribution in [0.5, 0.6) is 0 Å². The highest BCUT2D eigenvalue weighted by molar-refractivity contribution is 7.26. The van der Waals surface area contributed by atoms with Gasteiger partial charge in [-0.2, -0.15) is 0 Å². The Labute approximate surface area is 604 Å².